The van der Waals surface area contributed by atoms with E-state index in [4.69, 9.17) is 0 Å². The van der Waals surface area contributed by atoms with E-state index in [-0.39, 0.29) is 17.6 Å². The van der Waals surface area contributed by atoms with E-state index in [0.29, 0.717) is 26.2 Å². The third-order valence-corrected chi connectivity index (χ3v) is 5.50. The highest BCUT2D eigenvalue weighted by Crippen LogP contribution is 2.33. The second kappa shape index (κ2) is 4.64. The van der Waals surface area contributed by atoms with Crippen molar-refractivity contribution in [2.45, 2.75) is 13.1 Å². The molecule has 2 aliphatic rings. The number of rotatable bonds is 3. The van der Waals surface area contributed by atoms with Crippen molar-refractivity contribution in [3.63, 3.8) is 0 Å². The summed E-state index contributed by atoms with van der Waals surface area (Å²) in [5.41, 5.74) is 0. The van der Waals surface area contributed by atoms with E-state index in [1.807, 2.05) is 0 Å². The van der Waals surface area contributed by atoms with Crippen LogP contribution in [0.1, 0.15) is 6.92 Å². The Labute approximate surface area is 105 Å². The Bertz CT molecular complexity index is 396. The van der Waals surface area contributed by atoms with Gasteiger partial charge in [0.15, 0.2) is 0 Å². The maximum absolute atomic E-state index is 12.3. The van der Waals surface area contributed by atoms with Crippen molar-refractivity contribution in [1.29, 1.82) is 0 Å². The maximum atomic E-state index is 12.3. The minimum atomic E-state index is -4.17. The van der Waals surface area contributed by atoms with Gasteiger partial charge in [0.2, 0.25) is 10.0 Å². The molecule has 0 aromatic heterocycles. The quantitative estimate of drug-likeness (QED) is 0.769. The monoisotopic (exact) mass is 286 g/mol. The molecule has 2 saturated heterocycles. The molecule has 2 unspecified atom stereocenters. The number of likely N-dealkylation sites (tertiary alicyclic amines) is 1. The van der Waals surface area contributed by atoms with Gasteiger partial charge in [-0.25, -0.2) is 12.7 Å². The molecule has 0 radical (unpaired) electrons. The summed E-state index contributed by atoms with van der Waals surface area (Å²) in [6.45, 7) is 2.13. The van der Waals surface area contributed by atoms with Crippen LogP contribution in [0.5, 0.6) is 0 Å². The lowest BCUT2D eigenvalue weighted by Gasteiger charge is -2.21. The van der Waals surface area contributed by atoms with E-state index in [2.05, 4.69) is 0 Å². The van der Waals surface area contributed by atoms with E-state index in [1.54, 1.807) is 6.92 Å². The first-order valence-electron chi connectivity index (χ1n) is 5.98. The average molecular weight is 286 g/mol. The number of nitrogens with zero attached hydrogens (tertiary/aromatic N) is 2. The summed E-state index contributed by atoms with van der Waals surface area (Å²) in [5.74, 6) is 0.154. The van der Waals surface area contributed by atoms with E-state index in [9.17, 15) is 21.6 Å². The first-order valence-corrected chi connectivity index (χ1v) is 7.59. The van der Waals surface area contributed by atoms with Gasteiger partial charge in [0, 0.05) is 26.2 Å². The summed E-state index contributed by atoms with van der Waals surface area (Å²) in [5, 5.41) is 0. The molecule has 2 aliphatic heterocycles. The Kier molecular flexibility index (Phi) is 3.63. The van der Waals surface area contributed by atoms with Gasteiger partial charge in [-0.15, -0.1) is 0 Å². The van der Waals surface area contributed by atoms with E-state index >= 15 is 0 Å². The first-order chi connectivity index (χ1) is 8.21. The minimum Gasteiger partial charge on any atom is -0.294 e. The van der Waals surface area contributed by atoms with Crippen LogP contribution < -0.4 is 0 Å². The largest absolute Gasteiger partial charge is 0.401 e. The number of alkyl halides is 3. The van der Waals surface area contributed by atoms with Gasteiger partial charge in [0.05, 0.1) is 12.3 Å². The number of hydrogen-bond donors (Lipinski definition) is 0. The highest BCUT2D eigenvalue weighted by Gasteiger charge is 2.45. The van der Waals surface area contributed by atoms with Gasteiger partial charge in [0.25, 0.3) is 0 Å². The lowest BCUT2D eigenvalue weighted by atomic mass is 10.0. The van der Waals surface area contributed by atoms with Gasteiger partial charge in [-0.2, -0.15) is 13.2 Å². The molecule has 0 aliphatic carbocycles. The summed E-state index contributed by atoms with van der Waals surface area (Å²) >= 11 is 0. The van der Waals surface area contributed by atoms with E-state index < -0.39 is 22.7 Å². The summed E-state index contributed by atoms with van der Waals surface area (Å²) < 4.78 is 61.5. The zero-order valence-corrected chi connectivity index (χ0v) is 11.0. The lowest BCUT2D eigenvalue weighted by Crippen LogP contribution is -2.37. The zero-order valence-electron chi connectivity index (χ0n) is 10.2. The summed E-state index contributed by atoms with van der Waals surface area (Å²) in [6, 6.07) is 0. The molecule has 8 heteroatoms. The summed E-state index contributed by atoms with van der Waals surface area (Å²) in [6.07, 6.45) is -4.17. The van der Waals surface area contributed by atoms with Crippen LogP contribution in [0, 0.1) is 11.8 Å². The molecule has 106 valence electrons. The standard InChI is InChI=1S/C10H17F3N2O2S/c1-2-18(16,17)15-5-8-3-14(4-9(8)6-15)7-10(11,12)13/h8-9H,2-7H2,1H3. The fourth-order valence-electron chi connectivity index (χ4n) is 2.84. The van der Waals surface area contributed by atoms with Gasteiger partial charge >= 0.3 is 6.18 Å². The zero-order chi connectivity index (χ0) is 13.6. The number of fused-ring (bicyclic) bond motifs is 1. The number of halogens is 3. The van der Waals surface area contributed by atoms with Crippen LogP contribution in [-0.4, -0.2) is 62.3 Å². The van der Waals surface area contributed by atoms with Crippen LogP contribution in [0.25, 0.3) is 0 Å². The lowest BCUT2D eigenvalue weighted by molar-refractivity contribution is -0.144. The third-order valence-electron chi connectivity index (χ3n) is 3.69. The smallest absolute Gasteiger partial charge is 0.294 e. The predicted molar refractivity (Wildman–Crippen MR) is 60.5 cm³/mol. The van der Waals surface area contributed by atoms with E-state index in [1.165, 1.54) is 9.21 Å². The normalized spacial score (nSPS) is 30.9. The molecular formula is C10H17F3N2O2S. The second-order valence-electron chi connectivity index (χ2n) is 5.05. The van der Waals surface area contributed by atoms with Crippen LogP contribution >= 0.6 is 0 Å². The molecule has 0 aromatic carbocycles. The third kappa shape index (κ3) is 2.97. The maximum Gasteiger partial charge on any atom is 0.401 e. The predicted octanol–water partition coefficient (Wildman–Crippen LogP) is 0.762. The van der Waals surface area contributed by atoms with Crippen molar-refractivity contribution in [3.8, 4) is 0 Å². The highest BCUT2D eigenvalue weighted by molar-refractivity contribution is 7.89. The fourth-order valence-corrected chi connectivity index (χ4v) is 4.04. The highest BCUT2D eigenvalue weighted by atomic mass is 32.2. The summed E-state index contributed by atoms with van der Waals surface area (Å²) in [4.78, 5) is 1.38. The Morgan fingerprint density at radius 1 is 1.11 bits per heavy atom. The van der Waals surface area contributed by atoms with Crippen LogP contribution in [0.15, 0.2) is 0 Å². The second-order valence-corrected chi connectivity index (χ2v) is 7.30. The van der Waals surface area contributed by atoms with Crippen LogP contribution in [-0.2, 0) is 10.0 Å². The van der Waals surface area contributed by atoms with Crippen LogP contribution in [0.3, 0.4) is 0 Å². The van der Waals surface area contributed by atoms with Crippen LogP contribution in [0.4, 0.5) is 13.2 Å². The molecule has 0 amide bonds. The Morgan fingerprint density at radius 2 is 1.61 bits per heavy atom. The Morgan fingerprint density at radius 3 is 2.00 bits per heavy atom. The molecule has 4 nitrogen and oxygen atoms in total. The van der Waals surface area contributed by atoms with Gasteiger partial charge in [0.1, 0.15) is 0 Å². The molecule has 2 atom stereocenters. The molecule has 0 aromatic rings. The van der Waals surface area contributed by atoms with Crippen molar-refractivity contribution in [3.05, 3.63) is 0 Å². The van der Waals surface area contributed by atoms with E-state index in [0.717, 1.165) is 0 Å². The number of sulfonamides is 1. The van der Waals surface area contributed by atoms with Crippen molar-refractivity contribution in [2.75, 3.05) is 38.5 Å². The molecule has 0 bridgehead atoms. The molecule has 0 N–H and O–H groups in total. The molecule has 0 spiro atoms. The average Bonchev–Trinajstić information content (AvgIpc) is 2.72. The molecule has 2 rings (SSSR count). The Hall–Kier alpha value is -0.340. The van der Waals surface area contributed by atoms with Crippen molar-refractivity contribution in [1.82, 2.24) is 9.21 Å². The van der Waals surface area contributed by atoms with Crippen molar-refractivity contribution >= 4 is 10.0 Å². The van der Waals surface area contributed by atoms with Gasteiger partial charge in [-0.1, -0.05) is 0 Å². The molecule has 2 fully saturated rings. The van der Waals surface area contributed by atoms with Gasteiger partial charge in [-0.3, -0.25) is 4.90 Å². The molecule has 2 heterocycles. The van der Waals surface area contributed by atoms with Crippen molar-refractivity contribution < 1.29 is 21.6 Å². The van der Waals surface area contributed by atoms with Gasteiger partial charge in [-0.05, 0) is 18.8 Å². The SMILES string of the molecule is CCS(=O)(=O)N1CC2CN(CC(F)(F)F)CC2C1. The summed E-state index contributed by atoms with van der Waals surface area (Å²) in [7, 11) is -3.20. The molecule has 0 saturated carbocycles. The Balaban J connectivity index is 1.92. The topological polar surface area (TPSA) is 40.6 Å². The molecule has 18 heavy (non-hydrogen) atoms. The van der Waals surface area contributed by atoms with Gasteiger partial charge < -0.3 is 0 Å². The minimum absolute atomic E-state index is 0.0497. The van der Waals surface area contributed by atoms with Crippen molar-refractivity contribution in [2.24, 2.45) is 11.8 Å². The molecular weight excluding hydrogens is 269 g/mol. The van der Waals surface area contributed by atoms with Crippen LogP contribution in [0.2, 0.25) is 0 Å². The first kappa shape index (κ1) is 14.1. The number of hydrogen-bond acceptors (Lipinski definition) is 3. The fraction of sp³-hybridized carbons (Fsp3) is 1.00.